The van der Waals surface area contributed by atoms with Gasteiger partial charge in [-0.05, 0) is 0 Å². The van der Waals surface area contributed by atoms with Crippen molar-refractivity contribution in [1.29, 1.82) is 0 Å². The summed E-state index contributed by atoms with van der Waals surface area (Å²) in [5.74, 6) is -2.90. The zero-order valence-corrected chi connectivity index (χ0v) is 11.8. The highest BCUT2D eigenvalue weighted by Gasteiger charge is 1.91. The lowest BCUT2D eigenvalue weighted by molar-refractivity contribution is -0.132. The topological polar surface area (TPSA) is 152 Å². The molecule has 8 nitrogen and oxygen atoms in total. The van der Waals surface area contributed by atoms with Crippen LogP contribution < -0.4 is 0 Å². The molecule has 0 aliphatic heterocycles. The lowest BCUT2D eigenvalue weighted by Gasteiger charge is -1.97. The maximum Gasteiger partial charge on any atom is 0.327 e. The third kappa shape index (κ3) is 74.4. The lowest BCUT2D eigenvalue weighted by atomic mass is 10.2. The van der Waals surface area contributed by atoms with Crippen molar-refractivity contribution in [2.24, 2.45) is 5.92 Å². The molecule has 0 spiro atoms. The highest BCUT2D eigenvalue weighted by molar-refractivity contribution is 5.79. The molecule has 0 saturated carbocycles. The number of hydrogen-bond donors (Lipinski definition) is 5. The number of aliphatic hydroxyl groups is 2. The molecule has 0 aliphatic rings. The molecular formula is C13H22O8. The van der Waals surface area contributed by atoms with E-state index < -0.39 is 17.9 Å². The molecule has 0 saturated heterocycles. The maximum atomic E-state index is 9.25. The van der Waals surface area contributed by atoms with Crippen molar-refractivity contribution in [3.63, 3.8) is 0 Å². The Kier molecular flexibility index (Phi) is 29.2. The minimum absolute atomic E-state index is 0.0463. The summed E-state index contributed by atoms with van der Waals surface area (Å²) in [5.41, 5.74) is 0. The van der Waals surface area contributed by atoms with Crippen molar-refractivity contribution in [2.75, 3.05) is 13.2 Å². The van der Waals surface area contributed by atoms with Crippen LogP contribution in [0.15, 0.2) is 38.0 Å². The van der Waals surface area contributed by atoms with Crippen LogP contribution in [0.1, 0.15) is 6.92 Å². The maximum absolute atomic E-state index is 9.25. The summed E-state index contributed by atoms with van der Waals surface area (Å²) in [6.07, 6.45) is 2.50. The molecule has 122 valence electrons. The van der Waals surface area contributed by atoms with Gasteiger partial charge < -0.3 is 25.5 Å². The summed E-state index contributed by atoms with van der Waals surface area (Å²) in [6, 6.07) is 0. The minimum Gasteiger partial charge on any atom is -0.478 e. The van der Waals surface area contributed by atoms with Crippen LogP contribution in [0.2, 0.25) is 0 Å². The standard InChI is InChI=1S/C4H10O2.3C3H4O2/c1-4(2-5)3-6;3*1-2-3(4)5/h4-6H,2-3H2,1H3;3*2H,1H2,(H,4,5). The van der Waals surface area contributed by atoms with Gasteiger partial charge in [-0.25, -0.2) is 14.4 Å². The summed E-state index contributed by atoms with van der Waals surface area (Å²) in [6.45, 7) is 10.8. The number of carboxylic acid groups (broad SMARTS) is 3. The normalized spacial score (nSPS) is 7.43. The monoisotopic (exact) mass is 306 g/mol. The Morgan fingerprint density at radius 2 is 0.952 bits per heavy atom. The van der Waals surface area contributed by atoms with Crippen molar-refractivity contribution >= 4 is 17.9 Å². The quantitative estimate of drug-likeness (QED) is 0.457. The molecule has 0 fully saturated rings. The molecule has 0 aromatic rings. The van der Waals surface area contributed by atoms with E-state index in [0.29, 0.717) is 0 Å². The summed E-state index contributed by atoms with van der Waals surface area (Å²) < 4.78 is 0. The first-order valence-corrected chi connectivity index (χ1v) is 5.40. The SMILES string of the molecule is C=CC(=O)O.C=CC(=O)O.C=CC(=O)O.CC(CO)CO. The first-order valence-electron chi connectivity index (χ1n) is 5.40. The second kappa shape index (κ2) is 22.7. The van der Waals surface area contributed by atoms with Gasteiger partial charge in [0.1, 0.15) is 0 Å². The molecule has 8 heteroatoms. The van der Waals surface area contributed by atoms with Crippen molar-refractivity contribution in [3.05, 3.63) is 38.0 Å². The van der Waals surface area contributed by atoms with Crippen LogP contribution in [-0.4, -0.2) is 56.7 Å². The molecule has 0 unspecified atom stereocenters. The molecule has 5 N–H and O–H groups in total. The Labute approximate surface area is 123 Å². The second-order valence-electron chi connectivity index (χ2n) is 3.10. The molecule has 0 atom stereocenters. The van der Waals surface area contributed by atoms with Crippen molar-refractivity contribution in [1.82, 2.24) is 0 Å². The number of aliphatic carboxylic acids is 3. The van der Waals surface area contributed by atoms with Crippen LogP contribution >= 0.6 is 0 Å². The van der Waals surface area contributed by atoms with Crippen molar-refractivity contribution in [3.8, 4) is 0 Å². The third-order valence-corrected chi connectivity index (χ3v) is 1.15. The first kappa shape index (κ1) is 27.0. The van der Waals surface area contributed by atoms with E-state index in [4.69, 9.17) is 25.5 Å². The van der Waals surface area contributed by atoms with Gasteiger partial charge in [0.2, 0.25) is 0 Å². The van der Waals surface area contributed by atoms with E-state index >= 15 is 0 Å². The predicted molar refractivity (Wildman–Crippen MR) is 76.8 cm³/mol. The molecule has 21 heavy (non-hydrogen) atoms. The number of aliphatic hydroxyl groups excluding tert-OH is 2. The van der Waals surface area contributed by atoms with Gasteiger partial charge in [0.05, 0.1) is 0 Å². The van der Waals surface area contributed by atoms with Gasteiger partial charge in [0.15, 0.2) is 0 Å². The van der Waals surface area contributed by atoms with Gasteiger partial charge in [0, 0.05) is 37.4 Å². The fourth-order valence-electron chi connectivity index (χ4n) is 0.0577. The van der Waals surface area contributed by atoms with Crippen LogP contribution in [0.25, 0.3) is 0 Å². The fraction of sp³-hybridized carbons (Fsp3) is 0.308. The van der Waals surface area contributed by atoms with Crippen LogP contribution in [0.5, 0.6) is 0 Å². The minimum atomic E-state index is -0.981. The average molecular weight is 306 g/mol. The number of hydrogen-bond acceptors (Lipinski definition) is 5. The number of carbonyl (C=O) groups is 3. The van der Waals surface area contributed by atoms with Crippen LogP contribution in [0.4, 0.5) is 0 Å². The zero-order valence-electron chi connectivity index (χ0n) is 11.8. The third-order valence-electron chi connectivity index (χ3n) is 1.15. The Morgan fingerprint density at radius 1 is 0.810 bits per heavy atom. The van der Waals surface area contributed by atoms with Gasteiger partial charge in [-0.3, -0.25) is 0 Å². The fourth-order valence-corrected chi connectivity index (χ4v) is 0.0577. The van der Waals surface area contributed by atoms with Gasteiger partial charge in [-0.15, -0.1) is 0 Å². The number of carboxylic acids is 3. The summed E-state index contributed by atoms with van der Waals surface area (Å²) in [7, 11) is 0. The van der Waals surface area contributed by atoms with Crippen LogP contribution in [-0.2, 0) is 14.4 Å². The molecule has 0 aliphatic carbocycles. The van der Waals surface area contributed by atoms with E-state index in [0.717, 1.165) is 18.2 Å². The van der Waals surface area contributed by atoms with Gasteiger partial charge in [-0.1, -0.05) is 26.7 Å². The van der Waals surface area contributed by atoms with E-state index in [-0.39, 0.29) is 19.1 Å². The van der Waals surface area contributed by atoms with Crippen molar-refractivity contribution in [2.45, 2.75) is 6.92 Å². The summed E-state index contributed by atoms with van der Waals surface area (Å²) in [4.78, 5) is 27.8. The average Bonchev–Trinajstić information content (AvgIpc) is 2.47. The lowest BCUT2D eigenvalue weighted by Crippen LogP contribution is -2.04. The molecule has 0 rings (SSSR count). The largest absolute Gasteiger partial charge is 0.478 e. The van der Waals surface area contributed by atoms with Crippen molar-refractivity contribution < 1.29 is 39.9 Å². The highest BCUT2D eigenvalue weighted by atomic mass is 16.4. The second-order valence-corrected chi connectivity index (χ2v) is 3.10. The molecule has 0 heterocycles. The van der Waals surface area contributed by atoms with Gasteiger partial charge in [0.25, 0.3) is 0 Å². The summed E-state index contributed by atoms with van der Waals surface area (Å²) >= 11 is 0. The zero-order chi connectivity index (χ0) is 17.8. The van der Waals surface area contributed by atoms with E-state index in [1.54, 1.807) is 6.92 Å². The molecule has 0 aromatic heterocycles. The van der Waals surface area contributed by atoms with Crippen LogP contribution in [0.3, 0.4) is 0 Å². The van der Waals surface area contributed by atoms with Gasteiger partial charge >= 0.3 is 17.9 Å². The Hall–Kier alpha value is -2.45. The predicted octanol–water partition coefficient (Wildman–Crippen LogP) is 0.378. The summed E-state index contributed by atoms with van der Waals surface area (Å²) in [5, 5.41) is 39.2. The Bertz CT molecular complexity index is 275. The first-order chi connectivity index (χ1) is 9.62. The highest BCUT2D eigenvalue weighted by Crippen LogP contribution is 1.85. The number of rotatable bonds is 5. The van der Waals surface area contributed by atoms with Gasteiger partial charge in [-0.2, -0.15) is 0 Å². The molecule has 0 radical (unpaired) electrons. The molecular weight excluding hydrogens is 284 g/mol. The van der Waals surface area contributed by atoms with E-state index in [1.807, 2.05) is 0 Å². The molecule has 0 bridgehead atoms. The Balaban J connectivity index is -0.0000000921. The molecule has 0 aromatic carbocycles. The Morgan fingerprint density at radius 3 is 0.952 bits per heavy atom. The van der Waals surface area contributed by atoms with E-state index in [1.165, 1.54) is 0 Å². The van der Waals surface area contributed by atoms with Crippen LogP contribution in [0, 0.1) is 5.92 Å². The molecule has 0 amide bonds. The van der Waals surface area contributed by atoms with E-state index in [2.05, 4.69) is 19.7 Å². The van der Waals surface area contributed by atoms with E-state index in [9.17, 15) is 14.4 Å². The smallest absolute Gasteiger partial charge is 0.327 e.